The number of rotatable bonds is 2. The van der Waals surface area contributed by atoms with Crippen LogP contribution < -0.4 is 10.6 Å². The van der Waals surface area contributed by atoms with Gasteiger partial charge in [-0.25, -0.2) is 4.79 Å². The lowest BCUT2D eigenvalue weighted by Crippen LogP contribution is -2.45. The van der Waals surface area contributed by atoms with Crippen molar-refractivity contribution in [1.29, 1.82) is 0 Å². The van der Waals surface area contributed by atoms with E-state index in [2.05, 4.69) is 10.6 Å². The molecule has 0 bridgehead atoms. The molecular formula is C16H19N3O3. The first-order valence-electron chi connectivity index (χ1n) is 7.51. The van der Waals surface area contributed by atoms with Crippen LogP contribution in [0.2, 0.25) is 0 Å². The number of aryl methyl sites for hydroxylation is 1. The molecule has 2 aliphatic rings. The molecule has 22 heavy (non-hydrogen) atoms. The van der Waals surface area contributed by atoms with Gasteiger partial charge in [0.15, 0.2) is 0 Å². The van der Waals surface area contributed by atoms with Gasteiger partial charge in [-0.15, -0.1) is 0 Å². The molecule has 3 rings (SSSR count). The van der Waals surface area contributed by atoms with Crippen LogP contribution in [0.1, 0.15) is 30.4 Å². The SMILES string of the molecule is CNC(=O)CN1C(=O)NC2(CCCCc3ccccc32)C1=O. The Morgan fingerprint density at radius 2 is 2.09 bits per heavy atom. The van der Waals surface area contributed by atoms with E-state index in [4.69, 9.17) is 0 Å². The zero-order valence-electron chi connectivity index (χ0n) is 12.5. The minimum atomic E-state index is -1.02. The molecule has 1 aliphatic heterocycles. The maximum Gasteiger partial charge on any atom is 0.325 e. The molecule has 116 valence electrons. The number of imide groups is 1. The number of amides is 4. The number of benzene rings is 1. The Morgan fingerprint density at radius 1 is 1.32 bits per heavy atom. The van der Waals surface area contributed by atoms with Crippen molar-refractivity contribution < 1.29 is 14.4 Å². The number of carbonyl (C=O) groups excluding carboxylic acids is 3. The van der Waals surface area contributed by atoms with Crippen LogP contribution in [0.4, 0.5) is 4.79 Å². The van der Waals surface area contributed by atoms with Crippen LogP contribution in [0.25, 0.3) is 0 Å². The molecule has 0 aromatic heterocycles. The second-order valence-electron chi connectivity index (χ2n) is 5.76. The van der Waals surface area contributed by atoms with Gasteiger partial charge in [-0.05, 0) is 36.8 Å². The molecule has 0 radical (unpaired) electrons. The molecule has 1 aromatic rings. The first kappa shape index (κ1) is 14.6. The van der Waals surface area contributed by atoms with Crippen molar-refractivity contribution in [3.8, 4) is 0 Å². The van der Waals surface area contributed by atoms with E-state index in [0.717, 1.165) is 35.3 Å². The molecule has 6 nitrogen and oxygen atoms in total. The Hall–Kier alpha value is -2.37. The van der Waals surface area contributed by atoms with Crippen molar-refractivity contribution in [2.24, 2.45) is 0 Å². The van der Waals surface area contributed by atoms with Gasteiger partial charge < -0.3 is 10.6 Å². The van der Waals surface area contributed by atoms with Gasteiger partial charge in [0.2, 0.25) is 5.91 Å². The average molecular weight is 301 g/mol. The summed E-state index contributed by atoms with van der Waals surface area (Å²) >= 11 is 0. The third-order valence-corrected chi connectivity index (χ3v) is 4.48. The predicted octanol–water partition coefficient (Wildman–Crippen LogP) is 0.906. The molecule has 1 fully saturated rings. The molecule has 1 spiro atoms. The van der Waals surface area contributed by atoms with E-state index in [0.29, 0.717) is 6.42 Å². The lowest BCUT2D eigenvalue weighted by Gasteiger charge is -2.27. The third kappa shape index (κ3) is 2.15. The summed E-state index contributed by atoms with van der Waals surface area (Å²) in [4.78, 5) is 37.7. The van der Waals surface area contributed by atoms with Crippen LogP contribution in [-0.2, 0) is 21.5 Å². The van der Waals surface area contributed by atoms with Crippen LogP contribution in [0.5, 0.6) is 0 Å². The van der Waals surface area contributed by atoms with Crippen LogP contribution in [0, 0.1) is 0 Å². The fourth-order valence-corrected chi connectivity index (χ4v) is 3.34. The van der Waals surface area contributed by atoms with Crippen molar-refractivity contribution in [3.63, 3.8) is 0 Å². The Kier molecular flexibility index (Phi) is 3.60. The van der Waals surface area contributed by atoms with E-state index in [9.17, 15) is 14.4 Å². The topological polar surface area (TPSA) is 78.5 Å². The lowest BCUT2D eigenvalue weighted by molar-refractivity contribution is -0.135. The van der Waals surface area contributed by atoms with Crippen molar-refractivity contribution in [2.75, 3.05) is 13.6 Å². The molecular weight excluding hydrogens is 282 g/mol. The van der Waals surface area contributed by atoms with E-state index in [1.54, 1.807) is 0 Å². The fraction of sp³-hybridized carbons (Fsp3) is 0.438. The first-order valence-corrected chi connectivity index (χ1v) is 7.51. The monoisotopic (exact) mass is 301 g/mol. The number of fused-ring (bicyclic) bond motifs is 2. The Morgan fingerprint density at radius 3 is 2.86 bits per heavy atom. The number of likely N-dealkylation sites (N-methyl/N-ethyl adjacent to an activating group) is 1. The summed E-state index contributed by atoms with van der Waals surface area (Å²) in [5.41, 5.74) is 0.943. The third-order valence-electron chi connectivity index (χ3n) is 4.48. The van der Waals surface area contributed by atoms with Gasteiger partial charge in [-0.3, -0.25) is 14.5 Å². The smallest absolute Gasteiger partial charge is 0.325 e. The average Bonchev–Trinajstić information content (AvgIpc) is 2.67. The van der Waals surface area contributed by atoms with Gasteiger partial charge in [0.05, 0.1) is 0 Å². The van der Waals surface area contributed by atoms with Gasteiger partial charge in [0.1, 0.15) is 12.1 Å². The number of urea groups is 1. The first-order chi connectivity index (χ1) is 10.6. The highest BCUT2D eigenvalue weighted by molar-refractivity contribution is 6.09. The second-order valence-corrected chi connectivity index (χ2v) is 5.76. The maximum absolute atomic E-state index is 12.9. The van der Waals surface area contributed by atoms with Gasteiger partial charge in [-0.1, -0.05) is 24.3 Å². The summed E-state index contributed by atoms with van der Waals surface area (Å²) in [6, 6.07) is 7.24. The van der Waals surface area contributed by atoms with E-state index in [1.807, 2.05) is 24.3 Å². The highest BCUT2D eigenvalue weighted by Crippen LogP contribution is 2.38. The summed E-state index contributed by atoms with van der Waals surface area (Å²) in [7, 11) is 1.48. The van der Waals surface area contributed by atoms with Crippen molar-refractivity contribution in [2.45, 2.75) is 31.2 Å². The molecule has 4 amide bonds. The standard InChI is InChI=1S/C16H19N3O3/c1-17-13(20)10-19-14(21)16(18-15(19)22)9-5-4-7-11-6-2-3-8-12(11)16/h2-3,6,8H,4-5,7,9-10H2,1H3,(H,17,20)(H,18,22). The normalized spacial score (nSPS) is 24.0. The van der Waals surface area contributed by atoms with Gasteiger partial charge in [-0.2, -0.15) is 0 Å². The number of nitrogens with one attached hydrogen (secondary N) is 2. The minimum absolute atomic E-state index is 0.245. The molecule has 1 unspecified atom stereocenters. The van der Waals surface area contributed by atoms with Crippen molar-refractivity contribution >= 4 is 17.8 Å². The Balaban J connectivity index is 2.02. The highest BCUT2D eigenvalue weighted by Gasteiger charge is 2.53. The van der Waals surface area contributed by atoms with E-state index in [-0.39, 0.29) is 18.4 Å². The van der Waals surface area contributed by atoms with Gasteiger partial charge >= 0.3 is 6.03 Å². The zero-order chi connectivity index (χ0) is 15.7. The van der Waals surface area contributed by atoms with E-state index >= 15 is 0 Å². The summed E-state index contributed by atoms with van der Waals surface area (Å²) < 4.78 is 0. The molecule has 0 saturated carbocycles. The van der Waals surface area contributed by atoms with Crippen molar-refractivity contribution in [1.82, 2.24) is 15.5 Å². The molecule has 6 heteroatoms. The number of hydrogen-bond acceptors (Lipinski definition) is 3. The van der Waals surface area contributed by atoms with E-state index < -0.39 is 11.6 Å². The zero-order valence-corrected chi connectivity index (χ0v) is 12.5. The highest BCUT2D eigenvalue weighted by atomic mass is 16.2. The number of nitrogens with zero attached hydrogens (tertiary/aromatic N) is 1. The Labute approximate surface area is 128 Å². The lowest BCUT2D eigenvalue weighted by atomic mass is 9.84. The summed E-state index contributed by atoms with van der Waals surface area (Å²) in [6.07, 6.45) is 3.31. The summed E-state index contributed by atoms with van der Waals surface area (Å²) in [5, 5.41) is 5.30. The quantitative estimate of drug-likeness (QED) is 0.797. The number of hydrogen-bond donors (Lipinski definition) is 2. The molecule has 1 aromatic carbocycles. The minimum Gasteiger partial charge on any atom is -0.358 e. The van der Waals surface area contributed by atoms with E-state index in [1.165, 1.54) is 7.05 Å². The summed E-state index contributed by atoms with van der Waals surface area (Å²) in [5.74, 6) is -0.682. The number of carbonyl (C=O) groups is 3. The molecule has 2 N–H and O–H groups in total. The van der Waals surface area contributed by atoms with Crippen LogP contribution >= 0.6 is 0 Å². The second kappa shape index (κ2) is 5.44. The maximum atomic E-state index is 12.9. The molecule has 1 heterocycles. The van der Waals surface area contributed by atoms with Gasteiger partial charge in [0.25, 0.3) is 5.91 Å². The van der Waals surface area contributed by atoms with Crippen LogP contribution in [-0.4, -0.2) is 36.3 Å². The van der Waals surface area contributed by atoms with Crippen molar-refractivity contribution in [3.05, 3.63) is 35.4 Å². The molecule has 1 aliphatic carbocycles. The largest absolute Gasteiger partial charge is 0.358 e. The fourth-order valence-electron chi connectivity index (χ4n) is 3.34. The Bertz CT molecular complexity index is 643. The van der Waals surface area contributed by atoms with Crippen LogP contribution in [0.3, 0.4) is 0 Å². The van der Waals surface area contributed by atoms with Crippen LogP contribution in [0.15, 0.2) is 24.3 Å². The molecule has 1 saturated heterocycles. The molecule has 1 atom stereocenters. The summed E-state index contributed by atoms with van der Waals surface area (Å²) in [6.45, 7) is -0.245. The van der Waals surface area contributed by atoms with Gasteiger partial charge in [0, 0.05) is 7.05 Å². The predicted molar refractivity (Wildman–Crippen MR) is 80.0 cm³/mol.